The predicted octanol–water partition coefficient (Wildman–Crippen LogP) is 39.9. The van der Waals surface area contributed by atoms with E-state index < -0.39 is 0 Å². The molecule has 0 bridgehead atoms. The molecular weight excluding hydrogens is 1880 g/mol. The van der Waals surface area contributed by atoms with Gasteiger partial charge in [-0.2, -0.15) is 0 Å². The van der Waals surface area contributed by atoms with Crippen LogP contribution < -0.4 is 19.6 Å². The number of hydrogen-bond acceptors (Lipinski definition) is 8. The molecule has 0 spiro atoms. The Morgan fingerprint density at radius 3 is 0.765 bits per heavy atom. The lowest BCUT2D eigenvalue weighted by Gasteiger charge is -2.33. The van der Waals surface area contributed by atoms with Gasteiger partial charge in [0, 0.05) is 139 Å². The van der Waals surface area contributed by atoms with Gasteiger partial charge < -0.3 is 33.3 Å². The maximum Gasteiger partial charge on any atom is 0.0601 e. The van der Waals surface area contributed by atoms with Crippen molar-refractivity contribution in [2.75, 3.05) is 33.7 Å². The molecule has 0 N–H and O–H groups in total. The van der Waals surface area contributed by atoms with E-state index in [2.05, 4.69) is 587 Å². The zero-order valence-electron chi connectivity index (χ0n) is 87.4. The molecule has 0 atom stereocenters. The van der Waals surface area contributed by atoms with Gasteiger partial charge >= 0.3 is 0 Å². The lowest BCUT2D eigenvalue weighted by molar-refractivity contribution is 1.01. The Labute approximate surface area is 893 Å². The lowest BCUT2D eigenvalue weighted by Crippen LogP contribution is -2.15. The summed E-state index contributed by atoms with van der Waals surface area (Å²) >= 11 is 7.43. The number of fused-ring (bicyclic) bond motifs is 19. The van der Waals surface area contributed by atoms with Crippen LogP contribution in [0.1, 0.15) is 66.8 Å². The molecular formula is C138H121N7S4. The molecule has 24 aromatic rings. The Morgan fingerprint density at radius 2 is 0.396 bits per heavy atom. The van der Waals surface area contributed by atoms with Gasteiger partial charge in [0.1, 0.15) is 0 Å². The van der Waals surface area contributed by atoms with E-state index in [9.17, 15) is 0 Å². The lowest BCUT2D eigenvalue weighted by atomic mass is 9.89. The molecule has 7 heterocycles. The number of aromatic nitrogens is 3. The fraction of sp³-hybridized carbons (Fsp3) is 0.116. The smallest absolute Gasteiger partial charge is 0.0601 e. The number of hydrogen-bond donors (Lipinski definition) is 0. The van der Waals surface area contributed by atoms with E-state index in [0.717, 1.165) is 0 Å². The van der Waals surface area contributed by atoms with Crippen LogP contribution in [0.5, 0.6) is 0 Å². The number of nitrogens with zero attached hydrogens (tertiary/aromatic N) is 7. The first-order chi connectivity index (χ1) is 72.5. The summed E-state index contributed by atoms with van der Waals surface area (Å²) < 4.78 is 6.87. The maximum atomic E-state index is 2.37. The van der Waals surface area contributed by atoms with Gasteiger partial charge in [-0.25, -0.2) is 0 Å². The average molecular weight is 2010 g/mol. The fourth-order valence-corrected chi connectivity index (χ4v) is 25.6. The third-order valence-electron chi connectivity index (χ3n) is 28.6. The first kappa shape index (κ1) is 99.1. The van der Waals surface area contributed by atoms with E-state index in [-0.39, 0.29) is 0 Å². The minimum atomic E-state index is 1.21. The molecule has 3 aromatic heterocycles. The Bertz CT molecular complexity index is 8700. The van der Waals surface area contributed by atoms with Crippen molar-refractivity contribution in [3.05, 3.63) is 510 Å². The molecule has 0 amide bonds. The van der Waals surface area contributed by atoms with Crippen molar-refractivity contribution in [2.24, 2.45) is 14.1 Å². The first-order valence-corrected chi connectivity index (χ1v) is 54.4. The van der Waals surface area contributed by atoms with Crippen LogP contribution in [0.3, 0.4) is 0 Å². The number of para-hydroxylation sites is 6. The van der Waals surface area contributed by atoms with E-state index >= 15 is 0 Å². The van der Waals surface area contributed by atoms with Crippen LogP contribution in [0.2, 0.25) is 0 Å². The average Bonchev–Trinajstić information content (AvgIpc) is 1.65. The second-order valence-electron chi connectivity index (χ2n) is 39.5. The van der Waals surface area contributed by atoms with Gasteiger partial charge in [0.15, 0.2) is 0 Å². The summed E-state index contributed by atoms with van der Waals surface area (Å²) in [6.07, 6.45) is 0. The molecule has 0 fully saturated rings. The molecule has 11 heteroatoms. The Hall–Kier alpha value is -15.9. The molecule has 4 aliphatic rings. The van der Waals surface area contributed by atoms with Gasteiger partial charge in [-0.05, 0) is 338 Å². The Balaban J connectivity index is 0.000000100. The molecule has 7 nitrogen and oxygen atoms in total. The first-order valence-electron chi connectivity index (χ1n) is 51.1. The molecule has 0 unspecified atom stereocenters. The van der Waals surface area contributed by atoms with E-state index in [1.807, 2.05) is 47.0 Å². The summed E-state index contributed by atoms with van der Waals surface area (Å²) in [5.41, 5.74) is 40.0. The molecule has 4 aliphatic heterocycles. The van der Waals surface area contributed by atoms with Crippen molar-refractivity contribution in [3.63, 3.8) is 0 Å². The van der Waals surface area contributed by atoms with Gasteiger partial charge in [0.2, 0.25) is 0 Å². The molecule has 21 aromatic carbocycles. The topological polar surface area (TPSA) is 27.8 Å². The van der Waals surface area contributed by atoms with Crippen molar-refractivity contribution in [1.82, 2.24) is 13.7 Å². The van der Waals surface area contributed by atoms with Crippen molar-refractivity contribution < 1.29 is 0 Å². The van der Waals surface area contributed by atoms with Crippen LogP contribution in [-0.2, 0) is 14.1 Å². The highest BCUT2D eigenvalue weighted by molar-refractivity contribution is 8.00. The second-order valence-corrected chi connectivity index (χ2v) is 43.8. The largest absolute Gasteiger partial charge is 0.344 e. The fourth-order valence-electron chi connectivity index (χ4n) is 20.8. The molecule has 0 saturated carbocycles. The van der Waals surface area contributed by atoms with Crippen LogP contribution in [0.25, 0.3) is 104 Å². The van der Waals surface area contributed by atoms with Gasteiger partial charge in [-0.1, -0.05) is 335 Å². The van der Waals surface area contributed by atoms with Crippen LogP contribution in [0, 0.1) is 83.1 Å². The van der Waals surface area contributed by atoms with Gasteiger partial charge in [-0.15, -0.1) is 0 Å². The van der Waals surface area contributed by atoms with Crippen molar-refractivity contribution in [1.29, 1.82) is 0 Å². The third-order valence-corrected chi connectivity index (χ3v) is 33.0. The number of anilines is 10. The van der Waals surface area contributed by atoms with Crippen LogP contribution in [0.15, 0.2) is 482 Å². The van der Waals surface area contributed by atoms with E-state index in [0.29, 0.717) is 0 Å². The standard InChI is InChI=1S/C21H19NS.C21H19N.C21H16.C19H15NS.C15H15NS.C15H15N.C13H11NS.C13H11N/c1-14-4-8-17(9-5-14)22-18-10-6-15(2)12-20(18)23-21-13-16(3)7-11-19(21)22;1-14-4-8-17(9-5-14)22-20-10-6-15(2)12-18(20)19-13-16(3)7-11-21(19)22;1-15-17-11-5-7-13-19(17)21(16-9-3-2-4-10-16)20-14-8-6-12-18(15)20;1-14-10-12-15(13-11-14)20-16-6-2-4-8-18(16)21-19-9-5-3-7-17(19)20;1-10-4-6-12-14(8-10)17-15-9-11(2)5-7-13(15)16(12)3;1-10-4-6-14-12(8-10)13-9-11(2)5-7-15(13)16(14)3;1-14-10-6-2-4-8-12(10)15-13-9-5-3-7-11(13)14;1-14-12-8-4-2-6-10(12)11-7-3-5-9-13(11)14/h4-13H,1-3H3;4-13H,1-3H3;2-14H,1H3;2-13H,1H3;4-9H,1-3H3;4-9H,1-3H3;2-9H,1H3;2-9H,1H3. The quantitative estimate of drug-likeness (QED) is 0.161. The van der Waals surface area contributed by atoms with Crippen LogP contribution >= 0.6 is 47.0 Å². The number of rotatable bonds is 4. The van der Waals surface area contributed by atoms with Crippen molar-refractivity contribution in [3.8, 4) is 16.8 Å². The zero-order chi connectivity index (χ0) is 103. The van der Waals surface area contributed by atoms with E-state index in [4.69, 9.17) is 0 Å². The van der Waals surface area contributed by atoms with Gasteiger partial charge in [0.25, 0.3) is 0 Å². The molecule has 28 rings (SSSR count). The highest BCUT2D eigenvalue weighted by Crippen LogP contribution is 2.55. The normalized spacial score (nSPS) is 12.1. The maximum absolute atomic E-state index is 2.37. The molecule has 149 heavy (non-hydrogen) atoms. The summed E-state index contributed by atoms with van der Waals surface area (Å²) in [4.78, 5) is 19.9. The molecule has 732 valence electrons. The highest BCUT2D eigenvalue weighted by Gasteiger charge is 2.29. The Morgan fingerprint density at radius 1 is 0.161 bits per heavy atom. The number of benzene rings is 21. The predicted molar refractivity (Wildman–Crippen MR) is 646 cm³/mol. The van der Waals surface area contributed by atoms with E-state index in [1.165, 1.54) is 267 Å². The van der Waals surface area contributed by atoms with Crippen molar-refractivity contribution >= 4 is 191 Å². The SMILES string of the molecule is CN1c2ccccc2Sc2ccccc21.Cc1c2ccccc2c(-c2ccccc2)c2ccccc12.Cc1ccc(-n2c3ccc(C)cc3c3cc(C)ccc32)cc1.Cc1ccc(N2c3ccc(C)cc3Sc3cc(C)ccc32)cc1.Cc1ccc(N2c3ccccc3Sc3ccccc32)cc1.Cc1ccc2c(c1)Sc1cc(C)ccc1N2C.Cc1ccc2c(c1)c1cc(C)ccc1n2C.Cn1c2ccccc2c2ccccc21. The molecule has 0 aliphatic carbocycles. The molecule has 0 radical (unpaired) electrons. The Kier molecular flexibility index (Phi) is 28.8. The third kappa shape index (κ3) is 20.5. The summed E-state index contributed by atoms with van der Waals surface area (Å²) in [5.74, 6) is 0. The summed E-state index contributed by atoms with van der Waals surface area (Å²) in [5, 5.41) is 13.4. The summed E-state index contributed by atoms with van der Waals surface area (Å²) in [6.45, 7) is 25.8. The van der Waals surface area contributed by atoms with Crippen LogP contribution in [0.4, 0.5) is 56.9 Å². The monoisotopic (exact) mass is 2000 g/mol. The number of aryl methyl sites for hydroxylation is 14. The zero-order valence-corrected chi connectivity index (χ0v) is 90.7. The summed E-state index contributed by atoms with van der Waals surface area (Å²) in [7, 11) is 8.51. The minimum absolute atomic E-state index is 1.21. The van der Waals surface area contributed by atoms with Gasteiger partial charge in [-0.3, -0.25) is 0 Å². The minimum Gasteiger partial charge on any atom is -0.344 e. The summed E-state index contributed by atoms with van der Waals surface area (Å²) in [6, 6.07) is 159. The van der Waals surface area contributed by atoms with Crippen LogP contribution in [-0.4, -0.2) is 27.8 Å². The highest BCUT2D eigenvalue weighted by atomic mass is 32.2. The van der Waals surface area contributed by atoms with E-state index in [1.54, 1.807) is 0 Å². The molecule has 0 saturated heterocycles. The van der Waals surface area contributed by atoms with Crippen molar-refractivity contribution in [2.45, 2.75) is 122 Å². The second kappa shape index (κ2) is 43.3. The van der Waals surface area contributed by atoms with Gasteiger partial charge in [0.05, 0.1) is 56.5 Å².